The van der Waals surface area contributed by atoms with Crippen LogP contribution in [-0.4, -0.2) is 19.9 Å². The van der Waals surface area contributed by atoms with Crippen LogP contribution in [0.3, 0.4) is 0 Å². The number of sulfonamides is 1. The van der Waals surface area contributed by atoms with Crippen molar-refractivity contribution in [2.45, 2.75) is 37.5 Å². The first-order valence-corrected chi connectivity index (χ1v) is 7.86. The van der Waals surface area contributed by atoms with E-state index in [2.05, 4.69) is 16.6 Å². The van der Waals surface area contributed by atoms with Crippen molar-refractivity contribution < 1.29 is 8.42 Å². The normalized spacial score (nSPS) is 17.5. The Hall–Kier alpha value is -1.45. The predicted octanol–water partition coefficient (Wildman–Crippen LogP) is 1.81. The van der Waals surface area contributed by atoms with Crippen molar-refractivity contribution in [1.29, 1.82) is 5.26 Å². The van der Waals surface area contributed by atoms with Crippen LogP contribution in [0, 0.1) is 16.7 Å². The molecular weight excluding hydrogens is 262 g/mol. The Balaban J connectivity index is 2.17. The van der Waals surface area contributed by atoms with Crippen LogP contribution in [0.2, 0.25) is 0 Å². The first kappa shape index (κ1) is 14.0. The van der Waals surface area contributed by atoms with Gasteiger partial charge in [0, 0.05) is 12.7 Å². The van der Waals surface area contributed by atoms with Crippen molar-refractivity contribution in [3.05, 3.63) is 24.0 Å². The Morgan fingerprint density at radius 3 is 2.79 bits per heavy atom. The Kier molecular flexibility index (Phi) is 3.88. The summed E-state index contributed by atoms with van der Waals surface area (Å²) in [6.45, 7) is 2.52. The first-order chi connectivity index (χ1) is 9.03. The Bertz CT molecular complexity index is 595. The van der Waals surface area contributed by atoms with Gasteiger partial charge in [-0.05, 0) is 36.8 Å². The van der Waals surface area contributed by atoms with Crippen LogP contribution in [0.1, 0.15) is 38.3 Å². The average Bonchev–Trinajstić information content (AvgIpc) is 2.38. The summed E-state index contributed by atoms with van der Waals surface area (Å²) in [5.74, 6) is 0. The lowest BCUT2D eigenvalue weighted by atomic mass is 9.67. The van der Waals surface area contributed by atoms with Crippen molar-refractivity contribution in [3.8, 4) is 6.07 Å². The molecular formula is C13H17N3O2S. The molecule has 0 spiro atoms. The maximum atomic E-state index is 12.2. The molecule has 0 unspecified atom stereocenters. The summed E-state index contributed by atoms with van der Waals surface area (Å²) in [6.07, 6.45) is 5.66. The summed E-state index contributed by atoms with van der Waals surface area (Å²) >= 11 is 0. The second kappa shape index (κ2) is 5.27. The highest BCUT2D eigenvalue weighted by molar-refractivity contribution is 7.89. The highest BCUT2D eigenvalue weighted by atomic mass is 32.2. The molecule has 1 fully saturated rings. The number of rotatable bonds is 5. The second-order valence-corrected chi connectivity index (χ2v) is 6.73. The fraction of sp³-hybridized carbons (Fsp3) is 0.538. The topological polar surface area (TPSA) is 82.8 Å². The summed E-state index contributed by atoms with van der Waals surface area (Å²) < 4.78 is 27.0. The van der Waals surface area contributed by atoms with E-state index < -0.39 is 10.0 Å². The molecule has 5 nitrogen and oxygen atoms in total. The van der Waals surface area contributed by atoms with Gasteiger partial charge in [-0.2, -0.15) is 5.26 Å². The number of pyridine rings is 1. The maximum absolute atomic E-state index is 12.2. The van der Waals surface area contributed by atoms with Crippen LogP contribution in [0.25, 0.3) is 0 Å². The van der Waals surface area contributed by atoms with Crippen LogP contribution in [0.5, 0.6) is 0 Å². The third kappa shape index (κ3) is 2.77. The van der Waals surface area contributed by atoms with Crippen LogP contribution < -0.4 is 4.72 Å². The fourth-order valence-corrected chi connectivity index (χ4v) is 3.61. The van der Waals surface area contributed by atoms with Crippen LogP contribution in [0.15, 0.2) is 23.2 Å². The van der Waals surface area contributed by atoms with Crippen molar-refractivity contribution in [2.75, 3.05) is 6.54 Å². The number of hydrogen-bond acceptors (Lipinski definition) is 4. The quantitative estimate of drug-likeness (QED) is 0.891. The predicted molar refractivity (Wildman–Crippen MR) is 70.7 cm³/mol. The highest BCUT2D eigenvalue weighted by Gasteiger charge is 2.36. The zero-order valence-electron chi connectivity index (χ0n) is 10.9. The van der Waals surface area contributed by atoms with Gasteiger partial charge in [0.2, 0.25) is 10.0 Å². The molecule has 1 aromatic rings. The third-order valence-corrected chi connectivity index (χ3v) is 5.40. The van der Waals surface area contributed by atoms with E-state index in [4.69, 9.17) is 5.26 Å². The lowest BCUT2D eigenvalue weighted by molar-refractivity contribution is 0.133. The molecule has 19 heavy (non-hydrogen) atoms. The molecule has 0 radical (unpaired) electrons. The number of hydrogen-bond donors (Lipinski definition) is 1. The standard InChI is InChI=1S/C13H17N3O2S/c1-2-13(6-4-7-13)10-16-19(17,18)12-5-3-8-15-11(12)9-14/h3,5,8,16H,2,4,6-7,10H2,1H3. The van der Waals surface area contributed by atoms with Gasteiger partial charge in [-0.3, -0.25) is 0 Å². The van der Waals surface area contributed by atoms with Gasteiger partial charge in [-0.15, -0.1) is 0 Å². The van der Waals surface area contributed by atoms with E-state index in [1.165, 1.54) is 18.3 Å². The smallest absolute Gasteiger partial charge is 0.243 e. The summed E-state index contributed by atoms with van der Waals surface area (Å²) in [5.41, 5.74) is 0.0383. The summed E-state index contributed by atoms with van der Waals surface area (Å²) in [4.78, 5) is 3.74. The third-order valence-electron chi connectivity index (χ3n) is 3.97. The molecule has 0 bridgehead atoms. The monoisotopic (exact) mass is 279 g/mol. The minimum atomic E-state index is -3.66. The van der Waals surface area contributed by atoms with E-state index in [0.29, 0.717) is 6.54 Å². The lowest BCUT2D eigenvalue weighted by Crippen LogP contribution is -2.41. The van der Waals surface area contributed by atoms with Crippen LogP contribution >= 0.6 is 0 Å². The van der Waals surface area contributed by atoms with E-state index in [9.17, 15) is 8.42 Å². The molecule has 1 aliphatic rings. The number of nitriles is 1. The SMILES string of the molecule is CCC1(CNS(=O)(=O)c2cccnc2C#N)CCC1. The van der Waals surface area contributed by atoms with Gasteiger partial charge in [-0.25, -0.2) is 18.1 Å². The summed E-state index contributed by atoms with van der Waals surface area (Å²) in [6, 6.07) is 4.74. The summed E-state index contributed by atoms with van der Waals surface area (Å²) in [5, 5.41) is 8.91. The number of nitrogens with one attached hydrogen (secondary N) is 1. The second-order valence-electron chi connectivity index (χ2n) is 4.99. The molecule has 2 rings (SSSR count). The van der Waals surface area contributed by atoms with E-state index in [1.54, 1.807) is 0 Å². The van der Waals surface area contributed by atoms with Gasteiger partial charge >= 0.3 is 0 Å². The minimum absolute atomic E-state index is 0.0388. The molecule has 1 aromatic heterocycles. The molecule has 1 aliphatic carbocycles. The molecule has 1 N–H and O–H groups in total. The number of nitrogens with zero attached hydrogens (tertiary/aromatic N) is 2. The van der Waals surface area contributed by atoms with Crippen molar-refractivity contribution in [1.82, 2.24) is 9.71 Å². The lowest BCUT2D eigenvalue weighted by Gasteiger charge is -2.41. The molecule has 102 valence electrons. The van der Waals surface area contributed by atoms with E-state index in [-0.39, 0.29) is 16.0 Å². The van der Waals surface area contributed by atoms with Gasteiger partial charge in [-0.1, -0.05) is 13.3 Å². The van der Waals surface area contributed by atoms with Crippen molar-refractivity contribution in [2.24, 2.45) is 5.41 Å². The Morgan fingerprint density at radius 2 is 2.26 bits per heavy atom. The molecule has 0 aromatic carbocycles. The molecule has 0 atom stereocenters. The van der Waals surface area contributed by atoms with E-state index >= 15 is 0 Å². The van der Waals surface area contributed by atoms with Gasteiger partial charge in [0.05, 0.1) is 0 Å². The first-order valence-electron chi connectivity index (χ1n) is 6.38. The van der Waals surface area contributed by atoms with E-state index in [1.807, 2.05) is 6.07 Å². The molecule has 0 aliphatic heterocycles. The van der Waals surface area contributed by atoms with Gasteiger partial charge in [0.1, 0.15) is 11.0 Å². The van der Waals surface area contributed by atoms with Gasteiger partial charge < -0.3 is 0 Å². The molecule has 0 saturated heterocycles. The largest absolute Gasteiger partial charge is 0.244 e. The van der Waals surface area contributed by atoms with Gasteiger partial charge in [0.15, 0.2) is 5.69 Å². The van der Waals surface area contributed by atoms with Crippen molar-refractivity contribution in [3.63, 3.8) is 0 Å². The van der Waals surface area contributed by atoms with Gasteiger partial charge in [0.25, 0.3) is 0 Å². The molecule has 6 heteroatoms. The Labute approximate surface area is 113 Å². The number of aromatic nitrogens is 1. The van der Waals surface area contributed by atoms with Crippen LogP contribution in [-0.2, 0) is 10.0 Å². The van der Waals surface area contributed by atoms with E-state index in [0.717, 1.165) is 25.7 Å². The van der Waals surface area contributed by atoms with Crippen molar-refractivity contribution >= 4 is 10.0 Å². The molecule has 0 amide bonds. The zero-order valence-corrected chi connectivity index (χ0v) is 11.7. The average molecular weight is 279 g/mol. The fourth-order valence-electron chi connectivity index (χ4n) is 2.35. The molecule has 1 saturated carbocycles. The zero-order chi connectivity index (χ0) is 13.9. The highest BCUT2D eigenvalue weighted by Crippen LogP contribution is 2.43. The van der Waals surface area contributed by atoms with Crippen LogP contribution in [0.4, 0.5) is 0 Å². The minimum Gasteiger partial charge on any atom is -0.244 e. The Morgan fingerprint density at radius 1 is 1.53 bits per heavy atom. The molecule has 1 heterocycles. The summed E-state index contributed by atoms with van der Waals surface area (Å²) in [7, 11) is -3.66. The maximum Gasteiger partial charge on any atom is 0.243 e.